The molecule has 1 saturated heterocycles. The lowest BCUT2D eigenvalue weighted by atomic mass is 9.97. The Bertz CT molecular complexity index is 291. The molecule has 4 nitrogen and oxygen atoms in total. The Morgan fingerprint density at radius 1 is 1.31 bits per heavy atom. The van der Waals surface area contributed by atoms with E-state index < -0.39 is 12.2 Å². The average molecular weight is 225 g/mol. The van der Waals surface area contributed by atoms with Crippen molar-refractivity contribution in [3.05, 3.63) is 11.6 Å². The number of amides is 1. The molecule has 0 spiro atoms. The Kier molecular flexibility index (Phi) is 3.61. The zero-order chi connectivity index (χ0) is 11.5. The van der Waals surface area contributed by atoms with Crippen molar-refractivity contribution in [1.29, 1.82) is 0 Å². The summed E-state index contributed by atoms with van der Waals surface area (Å²) in [7, 11) is 0. The van der Waals surface area contributed by atoms with Crippen molar-refractivity contribution in [3.8, 4) is 0 Å². The van der Waals surface area contributed by atoms with Gasteiger partial charge in [0.15, 0.2) is 0 Å². The summed E-state index contributed by atoms with van der Waals surface area (Å²) < 4.78 is 0. The second-order valence-corrected chi connectivity index (χ2v) is 4.72. The number of hydrogen-bond donors (Lipinski definition) is 2. The first-order valence-corrected chi connectivity index (χ1v) is 5.98. The minimum atomic E-state index is -0.774. The highest BCUT2D eigenvalue weighted by atomic mass is 16.3. The summed E-state index contributed by atoms with van der Waals surface area (Å²) in [6, 6.07) is 0. The molecular weight excluding hydrogens is 206 g/mol. The van der Waals surface area contributed by atoms with Gasteiger partial charge in [0.2, 0.25) is 5.91 Å². The smallest absolute Gasteiger partial charge is 0.226 e. The lowest BCUT2D eigenvalue weighted by molar-refractivity contribution is -0.130. The molecule has 2 aliphatic rings. The van der Waals surface area contributed by atoms with Gasteiger partial charge in [0, 0.05) is 19.5 Å². The van der Waals surface area contributed by atoms with Crippen molar-refractivity contribution >= 4 is 5.91 Å². The average Bonchev–Trinajstić information content (AvgIpc) is 2.61. The summed E-state index contributed by atoms with van der Waals surface area (Å²) in [5, 5.41) is 18.7. The topological polar surface area (TPSA) is 60.8 Å². The number of carbonyl (C=O) groups is 1. The summed E-state index contributed by atoms with van der Waals surface area (Å²) in [4.78, 5) is 13.4. The molecule has 2 rings (SSSR count). The van der Waals surface area contributed by atoms with E-state index in [1.807, 2.05) is 0 Å². The Hall–Kier alpha value is -0.870. The van der Waals surface area contributed by atoms with E-state index in [1.165, 1.54) is 18.4 Å². The summed E-state index contributed by atoms with van der Waals surface area (Å²) >= 11 is 0. The fraction of sp³-hybridized carbons (Fsp3) is 0.750. The van der Waals surface area contributed by atoms with Gasteiger partial charge in [0.05, 0.1) is 12.2 Å². The molecule has 16 heavy (non-hydrogen) atoms. The SMILES string of the molecule is O=C(CC1=CCCCC1)N1C[C@@H](O)[C@@H](O)C1. The summed E-state index contributed by atoms with van der Waals surface area (Å²) in [5.41, 5.74) is 1.21. The number of rotatable bonds is 2. The van der Waals surface area contributed by atoms with Crippen LogP contribution >= 0.6 is 0 Å². The second kappa shape index (κ2) is 4.97. The molecule has 1 fully saturated rings. The number of aliphatic hydroxyl groups excluding tert-OH is 2. The highest BCUT2D eigenvalue weighted by Gasteiger charge is 2.32. The van der Waals surface area contributed by atoms with Gasteiger partial charge in [-0.2, -0.15) is 0 Å². The van der Waals surface area contributed by atoms with Crippen molar-refractivity contribution in [1.82, 2.24) is 4.90 Å². The molecular formula is C12H19NO3. The molecule has 0 radical (unpaired) electrons. The first-order valence-electron chi connectivity index (χ1n) is 5.98. The van der Waals surface area contributed by atoms with Gasteiger partial charge in [-0.3, -0.25) is 4.79 Å². The highest BCUT2D eigenvalue weighted by molar-refractivity contribution is 5.79. The minimum Gasteiger partial charge on any atom is -0.388 e. The zero-order valence-electron chi connectivity index (χ0n) is 9.43. The second-order valence-electron chi connectivity index (χ2n) is 4.72. The number of aliphatic hydroxyl groups is 2. The lowest BCUT2D eigenvalue weighted by Crippen LogP contribution is -2.30. The van der Waals surface area contributed by atoms with Crippen molar-refractivity contribution in [2.75, 3.05) is 13.1 Å². The van der Waals surface area contributed by atoms with Gasteiger partial charge in [0.25, 0.3) is 0 Å². The number of hydrogen-bond acceptors (Lipinski definition) is 3. The van der Waals surface area contributed by atoms with E-state index in [0.29, 0.717) is 6.42 Å². The molecule has 1 heterocycles. The van der Waals surface area contributed by atoms with Crippen LogP contribution in [-0.4, -0.2) is 46.3 Å². The fourth-order valence-electron chi connectivity index (χ4n) is 2.34. The third kappa shape index (κ3) is 2.62. The van der Waals surface area contributed by atoms with Crippen LogP contribution in [0.2, 0.25) is 0 Å². The van der Waals surface area contributed by atoms with Gasteiger partial charge < -0.3 is 15.1 Å². The predicted molar refractivity (Wildman–Crippen MR) is 59.8 cm³/mol. The van der Waals surface area contributed by atoms with Crippen LogP contribution in [-0.2, 0) is 4.79 Å². The standard InChI is InChI=1S/C12H19NO3/c14-10-7-13(8-11(10)15)12(16)6-9-4-2-1-3-5-9/h4,10-11,14-15H,1-3,5-8H2/t10-,11+. The maximum absolute atomic E-state index is 11.9. The molecule has 0 unspecified atom stereocenters. The largest absolute Gasteiger partial charge is 0.388 e. The molecule has 2 N–H and O–H groups in total. The fourth-order valence-corrected chi connectivity index (χ4v) is 2.34. The number of allylic oxidation sites excluding steroid dienone is 1. The zero-order valence-corrected chi connectivity index (χ0v) is 9.43. The number of nitrogens with zero attached hydrogens (tertiary/aromatic N) is 1. The maximum Gasteiger partial charge on any atom is 0.226 e. The van der Waals surface area contributed by atoms with E-state index in [1.54, 1.807) is 4.90 Å². The lowest BCUT2D eigenvalue weighted by Gasteiger charge is -2.18. The Labute approximate surface area is 95.6 Å². The van der Waals surface area contributed by atoms with Crippen LogP contribution in [0, 0.1) is 0 Å². The van der Waals surface area contributed by atoms with E-state index in [-0.39, 0.29) is 19.0 Å². The van der Waals surface area contributed by atoms with Gasteiger partial charge in [-0.05, 0) is 25.7 Å². The maximum atomic E-state index is 11.9. The summed E-state index contributed by atoms with van der Waals surface area (Å²) in [6.45, 7) is 0.542. The van der Waals surface area contributed by atoms with Crippen molar-refractivity contribution in [2.45, 2.75) is 44.3 Å². The van der Waals surface area contributed by atoms with Crippen molar-refractivity contribution in [3.63, 3.8) is 0 Å². The van der Waals surface area contributed by atoms with Gasteiger partial charge in [-0.15, -0.1) is 0 Å². The molecule has 0 bridgehead atoms. The number of β-amino-alcohol motifs (C(OH)–C–C–N with tert-alkyl or cyclic N) is 2. The number of likely N-dealkylation sites (tertiary alicyclic amines) is 1. The van der Waals surface area contributed by atoms with E-state index in [4.69, 9.17) is 0 Å². The van der Waals surface area contributed by atoms with Gasteiger partial charge in [-0.25, -0.2) is 0 Å². The first kappa shape index (κ1) is 11.6. The van der Waals surface area contributed by atoms with Crippen LogP contribution in [0.1, 0.15) is 32.1 Å². The first-order chi connectivity index (χ1) is 7.66. The Balaban J connectivity index is 1.86. The molecule has 1 aliphatic heterocycles. The van der Waals surface area contributed by atoms with Gasteiger partial charge in [-0.1, -0.05) is 11.6 Å². The molecule has 0 aromatic carbocycles. The molecule has 4 heteroatoms. The molecule has 1 aliphatic carbocycles. The normalized spacial score (nSPS) is 30.4. The Morgan fingerprint density at radius 3 is 2.56 bits per heavy atom. The summed E-state index contributed by atoms with van der Waals surface area (Å²) in [5.74, 6) is 0.0313. The van der Waals surface area contributed by atoms with Crippen LogP contribution in [0.15, 0.2) is 11.6 Å². The van der Waals surface area contributed by atoms with Crippen LogP contribution in [0.5, 0.6) is 0 Å². The van der Waals surface area contributed by atoms with E-state index >= 15 is 0 Å². The van der Waals surface area contributed by atoms with Crippen molar-refractivity contribution < 1.29 is 15.0 Å². The molecule has 0 saturated carbocycles. The highest BCUT2D eigenvalue weighted by Crippen LogP contribution is 2.22. The van der Waals surface area contributed by atoms with Crippen LogP contribution in [0.25, 0.3) is 0 Å². The molecule has 2 atom stereocenters. The monoisotopic (exact) mass is 225 g/mol. The summed E-state index contributed by atoms with van der Waals surface area (Å²) in [6.07, 6.45) is 5.56. The van der Waals surface area contributed by atoms with Crippen LogP contribution in [0.3, 0.4) is 0 Å². The molecule has 0 aromatic heterocycles. The van der Waals surface area contributed by atoms with Crippen LogP contribution in [0.4, 0.5) is 0 Å². The van der Waals surface area contributed by atoms with Crippen LogP contribution < -0.4 is 0 Å². The van der Waals surface area contributed by atoms with E-state index in [0.717, 1.165) is 12.8 Å². The van der Waals surface area contributed by atoms with Crippen molar-refractivity contribution in [2.24, 2.45) is 0 Å². The molecule has 0 aromatic rings. The quantitative estimate of drug-likeness (QED) is 0.670. The van der Waals surface area contributed by atoms with E-state index in [2.05, 4.69) is 6.08 Å². The van der Waals surface area contributed by atoms with Gasteiger partial charge >= 0.3 is 0 Å². The Morgan fingerprint density at radius 2 is 2.00 bits per heavy atom. The van der Waals surface area contributed by atoms with E-state index in [9.17, 15) is 15.0 Å². The van der Waals surface area contributed by atoms with Gasteiger partial charge in [0.1, 0.15) is 0 Å². The minimum absolute atomic E-state index is 0.0313. The molecule has 1 amide bonds. The predicted octanol–water partition coefficient (Wildman–Crippen LogP) is 0.441. The molecule has 90 valence electrons. The third-order valence-electron chi connectivity index (χ3n) is 3.38. The number of carbonyl (C=O) groups excluding carboxylic acids is 1. The third-order valence-corrected chi connectivity index (χ3v) is 3.38.